The number of carbonyl (C=O) groups excluding carboxylic acids is 1. The van der Waals surface area contributed by atoms with E-state index in [1.807, 2.05) is 24.9 Å². The van der Waals surface area contributed by atoms with Crippen LogP contribution >= 0.6 is 0 Å². The number of halogens is 1. The average Bonchev–Trinajstić information content (AvgIpc) is 3.08. The van der Waals surface area contributed by atoms with Gasteiger partial charge in [-0.2, -0.15) is 0 Å². The van der Waals surface area contributed by atoms with Gasteiger partial charge in [0.15, 0.2) is 0 Å². The largest absolute Gasteiger partial charge is 0.361 e. The van der Waals surface area contributed by atoms with E-state index < -0.39 is 0 Å². The lowest BCUT2D eigenvalue weighted by Gasteiger charge is -2.31. The number of carbonyl (C=O) groups is 1. The van der Waals surface area contributed by atoms with Crippen molar-refractivity contribution in [2.45, 2.75) is 39.0 Å². The Hall–Kier alpha value is -3.09. The summed E-state index contributed by atoms with van der Waals surface area (Å²) in [4.78, 5) is 23.6. The molecule has 2 aromatic heterocycles. The minimum atomic E-state index is -0.288. The molecule has 0 N–H and O–H groups in total. The van der Waals surface area contributed by atoms with Crippen molar-refractivity contribution in [3.8, 4) is 11.3 Å². The van der Waals surface area contributed by atoms with Gasteiger partial charge in [0.25, 0.3) is 0 Å². The van der Waals surface area contributed by atoms with Crippen LogP contribution in [0.5, 0.6) is 0 Å². The van der Waals surface area contributed by atoms with Crippen LogP contribution in [-0.4, -0.2) is 39.0 Å². The van der Waals surface area contributed by atoms with Crippen molar-refractivity contribution >= 4 is 5.91 Å². The van der Waals surface area contributed by atoms with Gasteiger partial charge in [-0.25, -0.2) is 4.39 Å². The van der Waals surface area contributed by atoms with Gasteiger partial charge in [0.05, 0.1) is 35.3 Å². The van der Waals surface area contributed by atoms with Crippen molar-refractivity contribution in [2.75, 3.05) is 13.1 Å². The first-order chi connectivity index (χ1) is 14.0. The molecular weight excluding hydrogens is 371 g/mol. The zero-order valence-electron chi connectivity index (χ0n) is 16.6. The number of rotatable bonds is 4. The Balaban J connectivity index is 1.35. The second-order valence-corrected chi connectivity index (χ2v) is 7.48. The fourth-order valence-electron chi connectivity index (χ4n) is 3.84. The molecule has 6 nitrogen and oxygen atoms in total. The van der Waals surface area contributed by atoms with Gasteiger partial charge >= 0.3 is 0 Å². The SMILES string of the molecule is Cc1noc(C)c1-c1cnc(C2CCN(C(=O)Cc3ccc(F)cc3)CC2)cn1. The number of hydrogen-bond acceptors (Lipinski definition) is 5. The predicted molar refractivity (Wildman–Crippen MR) is 106 cm³/mol. The molecule has 1 aromatic carbocycles. The number of nitrogens with zero attached hydrogens (tertiary/aromatic N) is 4. The van der Waals surface area contributed by atoms with Gasteiger partial charge in [-0.1, -0.05) is 17.3 Å². The van der Waals surface area contributed by atoms with Crippen molar-refractivity contribution in [2.24, 2.45) is 0 Å². The van der Waals surface area contributed by atoms with Gasteiger partial charge in [-0.3, -0.25) is 14.8 Å². The highest BCUT2D eigenvalue weighted by Crippen LogP contribution is 2.29. The Bertz CT molecular complexity index is 971. The number of hydrogen-bond donors (Lipinski definition) is 0. The van der Waals surface area contributed by atoms with Crippen LogP contribution in [0.1, 0.15) is 41.5 Å². The molecule has 3 aromatic rings. The highest BCUT2D eigenvalue weighted by atomic mass is 19.1. The quantitative estimate of drug-likeness (QED) is 0.672. The summed E-state index contributed by atoms with van der Waals surface area (Å²) in [6, 6.07) is 6.10. The molecule has 29 heavy (non-hydrogen) atoms. The van der Waals surface area contributed by atoms with Gasteiger partial charge in [0.2, 0.25) is 5.91 Å². The molecule has 0 bridgehead atoms. The Morgan fingerprint density at radius 1 is 1.14 bits per heavy atom. The Morgan fingerprint density at radius 3 is 2.45 bits per heavy atom. The summed E-state index contributed by atoms with van der Waals surface area (Å²) >= 11 is 0. The number of amides is 1. The molecule has 0 atom stereocenters. The molecular formula is C22H23FN4O2. The highest BCUT2D eigenvalue weighted by molar-refractivity contribution is 5.78. The number of aryl methyl sites for hydroxylation is 2. The van der Waals surface area contributed by atoms with E-state index in [1.165, 1.54) is 12.1 Å². The molecule has 150 valence electrons. The van der Waals surface area contributed by atoms with Crippen LogP contribution in [0.4, 0.5) is 4.39 Å². The number of likely N-dealkylation sites (tertiary alicyclic amines) is 1. The summed E-state index contributed by atoms with van der Waals surface area (Å²) < 4.78 is 18.2. The first kappa shape index (κ1) is 19.2. The van der Waals surface area contributed by atoms with E-state index in [0.717, 1.165) is 46.8 Å². The van der Waals surface area contributed by atoms with Crippen LogP contribution in [0.15, 0.2) is 41.2 Å². The molecule has 1 amide bonds. The molecule has 1 saturated heterocycles. The maximum atomic E-state index is 13.0. The average molecular weight is 394 g/mol. The normalized spacial score (nSPS) is 14.9. The standard InChI is InChI=1S/C22H23FN4O2/c1-14-22(15(2)29-26-14)20-13-24-19(12-25-20)17-7-9-27(10-8-17)21(28)11-16-3-5-18(23)6-4-16/h3-6,12-13,17H,7-11H2,1-2H3. The zero-order valence-corrected chi connectivity index (χ0v) is 16.6. The third-order valence-electron chi connectivity index (χ3n) is 5.50. The lowest BCUT2D eigenvalue weighted by atomic mass is 9.93. The molecule has 0 radical (unpaired) electrons. The zero-order chi connectivity index (χ0) is 20.4. The minimum absolute atomic E-state index is 0.0786. The van der Waals surface area contributed by atoms with Crippen molar-refractivity contribution in [1.82, 2.24) is 20.0 Å². The van der Waals surface area contributed by atoms with Crippen LogP contribution < -0.4 is 0 Å². The Kier molecular flexibility index (Phi) is 5.38. The van der Waals surface area contributed by atoms with Crippen LogP contribution in [0.3, 0.4) is 0 Å². The van der Waals surface area contributed by atoms with Gasteiger partial charge in [-0.05, 0) is 44.4 Å². The number of aromatic nitrogens is 3. The number of piperidine rings is 1. The summed E-state index contributed by atoms with van der Waals surface area (Å²) in [6.07, 6.45) is 5.61. The summed E-state index contributed by atoms with van der Waals surface area (Å²) in [5.41, 5.74) is 4.24. The fraction of sp³-hybridized carbons (Fsp3) is 0.364. The molecule has 4 rings (SSSR count). The topological polar surface area (TPSA) is 72.1 Å². The number of benzene rings is 1. The molecule has 1 aliphatic rings. The summed E-state index contributed by atoms with van der Waals surface area (Å²) in [7, 11) is 0. The van der Waals surface area contributed by atoms with Crippen LogP contribution in [0, 0.1) is 19.7 Å². The first-order valence-corrected chi connectivity index (χ1v) is 9.78. The van der Waals surface area contributed by atoms with E-state index in [0.29, 0.717) is 19.5 Å². The minimum Gasteiger partial charge on any atom is -0.361 e. The molecule has 0 spiro atoms. The lowest BCUT2D eigenvalue weighted by Crippen LogP contribution is -2.38. The highest BCUT2D eigenvalue weighted by Gasteiger charge is 2.25. The van der Waals surface area contributed by atoms with Crippen LogP contribution in [0.2, 0.25) is 0 Å². The van der Waals surface area contributed by atoms with Gasteiger partial charge in [0.1, 0.15) is 11.6 Å². The molecule has 0 unspecified atom stereocenters. The first-order valence-electron chi connectivity index (χ1n) is 9.78. The maximum Gasteiger partial charge on any atom is 0.226 e. The molecule has 3 heterocycles. The van der Waals surface area contributed by atoms with E-state index in [2.05, 4.69) is 15.1 Å². The summed E-state index contributed by atoms with van der Waals surface area (Å²) in [5.74, 6) is 0.812. The van der Waals surface area contributed by atoms with Crippen molar-refractivity contribution < 1.29 is 13.7 Å². The molecule has 0 saturated carbocycles. The van der Waals surface area contributed by atoms with Crippen LogP contribution in [0.25, 0.3) is 11.3 Å². The fourth-order valence-corrected chi connectivity index (χ4v) is 3.84. The third kappa shape index (κ3) is 4.18. The van der Waals surface area contributed by atoms with Gasteiger partial charge in [0, 0.05) is 25.2 Å². The van der Waals surface area contributed by atoms with Crippen molar-refractivity contribution in [3.05, 3.63) is 65.2 Å². The maximum absolute atomic E-state index is 13.0. The second kappa shape index (κ2) is 8.11. The second-order valence-electron chi connectivity index (χ2n) is 7.48. The molecule has 0 aliphatic carbocycles. The summed E-state index contributed by atoms with van der Waals surface area (Å²) in [6.45, 7) is 5.14. The van der Waals surface area contributed by atoms with Crippen LogP contribution in [-0.2, 0) is 11.2 Å². The third-order valence-corrected chi connectivity index (χ3v) is 5.50. The lowest BCUT2D eigenvalue weighted by molar-refractivity contribution is -0.131. The van der Waals surface area contributed by atoms with E-state index in [1.54, 1.807) is 18.3 Å². The van der Waals surface area contributed by atoms with E-state index >= 15 is 0 Å². The Labute approximate surface area is 168 Å². The smallest absolute Gasteiger partial charge is 0.226 e. The van der Waals surface area contributed by atoms with Crippen molar-refractivity contribution in [3.63, 3.8) is 0 Å². The molecule has 1 aliphatic heterocycles. The monoisotopic (exact) mass is 394 g/mol. The van der Waals surface area contributed by atoms with Crippen molar-refractivity contribution in [1.29, 1.82) is 0 Å². The summed E-state index contributed by atoms with van der Waals surface area (Å²) in [5, 5.41) is 3.97. The van der Waals surface area contributed by atoms with E-state index in [-0.39, 0.29) is 17.6 Å². The van der Waals surface area contributed by atoms with Gasteiger partial charge in [-0.15, -0.1) is 0 Å². The van der Waals surface area contributed by atoms with Gasteiger partial charge < -0.3 is 9.42 Å². The van der Waals surface area contributed by atoms with E-state index in [9.17, 15) is 9.18 Å². The predicted octanol–water partition coefficient (Wildman–Crippen LogP) is 3.84. The van der Waals surface area contributed by atoms with E-state index in [4.69, 9.17) is 4.52 Å². The Morgan fingerprint density at radius 2 is 1.86 bits per heavy atom. The molecule has 7 heteroatoms. The molecule has 1 fully saturated rings.